The molecule has 1 heterocycles. The number of aliphatic hydroxyl groups is 1. The largest absolute Gasteiger partial charge is 0.511 e. The summed E-state index contributed by atoms with van der Waals surface area (Å²) in [5.41, 5.74) is 0.948. The lowest BCUT2D eigenvalue weighted by atomic mass is 10.0. The fourth-order valence-electron chi connectivity index (χ4n) is 3.63. The molecule has 2 aromatic rings. The van der Waals surface area contributed by atoms with Crippen molar-refractivity contribution in [1.29, 1.82) is 0 Å². The number of rotatable bonds is 6. The van der Waals surface area contributed by atoms with Crippen LogP contribution in [0.2, 0.25) is 5.02 Å². The molecule has 0 bridgehead atoms. The van der Waals surface area contributed by atoms with E-state index in [1.54, 1.807) is 54.3 Å². The lowest BCUT2D eigenvalue weighted by Crippen LogP contribution is -2.59. The molecule has 0 saturated carbocycles. The third kappa shape index (κ3) is 5.52. The summed E-state index contributed by atoms with van der Waals surface area (Å²) in [6.07, 6.45) is 1.64. The molecule has 1 aliphatic rings. The van der Waals surface area contributed by atoms with Gasteiger partial charge in [0.25, 0.3) is 5.91 Å². The Morgan fingerprint density at radius 1 is 1.20 bits per heavy atom. The van der Waals surface area contributed by atoms with Gasteiger partial charge in [-0.05, 0) is 61.9 Å². The van der Waals surface area contributed by atoms with Gasteiger partial charge < -0.3 is 14.7 Å². The summed E-state index contributed by atoms with van der Waals surface area (Å²) in [7, 11) is 0. The van der Waals surface area contributed by atoms with Crippen molar-refractivity contribution < 1.29 is 19.0 Å². The Hall–Kier alpha value is -2.57. The van der Waals surface area contributed by atoms with Crippen LogP contribution < -0.4 is 4.74 Å². The molecule has 3 rings (SSSR count). The minimum absolute atomic E-state index is 0.0623. The second-order valence-electron chi connectivity index (χ2n) is 7.42. The Morgan fingerprint density at radius 2 is 1.87 bits per heavy atom. The molecule has 1 amide bonds. The van der Waals surface area contributed by atoms with E-state index in [2.05, 4.69) is 4.90 Å². The van der Waals surface area contributed by atoms with Crippen molar-refractivity contribution in [1.82, 2.24) is 9.80 Å². The Balaban J connectivity index is 1.68. The first-order chi connectivity index (χ1) is 14.4. The van der Waals surface area contributed by atoms with Crippen LogP contribution in [0, 0.1) is 5.82 Å². The van der Waals surface area contributed by atoms with Gasteiger partial charge in [0.15, 0.2) is 6.61 Å². The highest BCUT2D eigenvalue weighted by Crippen LogP contribution is 2.23. The molecule has 0 aliphatic carbocycles. The molecule has 1 fully saturated rings. The van der Waals surface area contributed by atoms with Crippen molar-refractivity contribution in [3.8, 4) is 5.75 Å². The molecule has 1 aliphatic heterocycles. The van der Waals surface area contributed by atoms with Gasteiger partial charge in [-0.2, -0.15) is 0 Å². The molecular weight excluding hydrogens is 407 g/mol. The number of carbonyl (C=O) groups is 1. The van der Waals surface area contributed by atoms with Crippen molar-refractivity contribution in [3.05, 3.63) is 76.8 Å². The molecule has 0 aromatic heterocycles. The SMILES string of the molecule is CC=C(O)[C@H]1CN(C(=O)COc2ccc(Cl)cc2)[C@H](C)CN1Cc1ccc(F)cc1. The van der Waals surface area contributed by atoms with Gasteiger partial charge in [-0.25, -0.2) is 4.39 Å². The van der Waals surface area contributed by atoms with Gasteiger partial charge >= 0.3 is 0 Å². The fraction of sp³-hybridized carbons (Fsp3) is 0.348. The van der Waals surface area contributed by atoms with Crippen molar-refractivity contribution in [2.24, 2.45) is 0 Å². The van der Waals surface area contributed by atoms with Gasteiger partial charge in [0.2, 0.25) is 0 Å². The number of carbonyl (C=O) groups excluding carboxylic acids is 1. The van der Waals surface area contributed by atoms with Crippen LogP contribution in [0.3, 0.4) is 0 Å². The third-order valence-electron chi connectivity index (χ3n) is 5.27. The van der Waals surface area contributed by atoms with Crippen LogP contribution in [-0.4, -0.2) is 52.6 Å². The lowest BCUT2D eigenvalue weighted by molar-refractivity contribution is -0.139. The molecule has 30 heavy (non-hydrogen) atoms. The molecule has 0 radical (unpaired) electrons. The number of nitrogens with zero attached hydrogens (tertiary/aromatic N) is 2. The van der Waals surface area contributed by atoms with Crippen LogP contribution in [0.25, 0.3) is 0 Å². The number of ether oxygens (including phenoxy) is 1. The standard InChI is InChI=1S/C23H26ClFN2O3/c1-3-22(28)21-14-27(23(29)15-30-20-10-6-18(24)7-11-20)16(2)12-26(21)13-17-4-8-19(25)9-5-17/h3-11,16,21,28H,12-15H2,1-2H3/t16-,21-/m1/s1. The fourth-order valence-corrected chi connectivity index (χ4v) is 3.75. The maximum Gasteiger partial charge on any atom is 0.260 e. The van der Waals surface area contributed by atoms with Crippen molar-refractivity contribution >= 4 is 17.5 Å². The highest BCUT2D eigenvalue weighted by molar-refractivity contribution is 6.30. The smallest absolute Gasteiger partial charge is 0.260 e. The molecule has 160 valence electrons. The van der Waals surface area contributed by atoms with E-state index in [1.807, 2.05) is 6.92 Å². The van der Waals surface area contributed by atoms with Crippen LogP contribution in [0.15, 0.2) is 60.4 Å². The van der Waals surface area contributed by atoms with E-state index < -0.39 is 0 Å². The zero-order chi connectivity index (χ0) is 21.7. The van der Waals surface area contributed by atoms with Crippen LogP contribution in [0.5, 0.6) is 5.75 Å². The summed E-state index contributed by atoms with van der Waals surface area (Å²) in [5, 5.41) is 11.1. The monoisotopic (exact) mass is 432 g/mol. The first-order valence-electron chi connectivity index (χ1n) is 9.89. The van der Waals surface area contributed by atoms with E-state index in [0.717, 1.165) is 5.56 Å². The Labute approximate surface area is 181 Å². The number of amides is 1. The highest BCUT2D eigenvalue weighted by atomic mass is 35.5. The quantitative estimate of drug-likeness (QED) is 0.686. The summed E-state index contributed by atoms with van der Waals surface area (Å²) < 4.78 is 18.8. The summed E-state index contributed by atoms with van der Waals surface area (Å²) >= 11 is 5.87. The molecule has 2 aromatic carbocycles. The average molecular weight is 433 g/mol. The number of halogens is 2. The lowest BCUT2D eigenvalue weighted by Gasteiger charge is -2.45. The summed E-state index contributed by atoms with van der Waals surface area (Å²) in [4.78, 5) is 16.7. The molecule has 5 nitrogen and oxygen atoms in total. The van der Waals surface area contributed by atoms with E-state index in [1.165, 1.54) is 12.1 Å². The first kappa shape index (κ1) is 22.1. The van der Waals surface area contributed by atoms with E-state index >= 15 is 0 Å². The van der Waals surface area contributed by atoms with Crippen molar-refractivity contribution in [3.63, 3.8) is 0 Å². The zero-order valence-electron chi connectivity index (χ0n) is 17.1. The van der Waals surface area contributed by atoms with Crippen molar-refractivity contribution in [2.45, 2.75) is 32.5 Å². The second kappa shape index (κ2) is 9.96. The van der Waals surface area contributed by atoms with Crippen LogP contribution in [0.4, 0.5) is 4.39 Å². The minimum atomic E-state index is -0.337. The first-order valence-corrected chi connectivity index (χ1v) is 10.3. The second-order valence-corrected chi connectivity index (χ2v) is 7.86. The normalized spacial score (nSPS) is 20.3. The van der Waals surface area contributed by atoms with E-state index in [4.69, 9.17) is 16.3 Å². The van der Waals surface area contributed by atoms with Gasteiger partial charge in [0, 0.05) is 30.7 Å². The minimum Gasteiger partial charge on any atom is -0.511 e. The number of allylic oxidation sites excluding steroid dienone is 1. The maximum absolute atomic E-state index is 13.2. The highest BCUT2D eigenvalue weighted by Gasteiger charge is 2.36. The molecular formula is C23H26ClFN2O3. The summed E-state index contributed by atoms with van der Waals surface area (Å²) in [5.74, 6) is 0.354. The summed E-state index contributed by atoms with van der Waals surface area (Å²) in [6, 6.07) is 12.8. The molecule has 1 N–H and O–H groups in total. The average Bonchev–Trinajstić information content (AvgIpc) is 2.74. The number of piperazine rings is 1. The van der Waals surface area contributed by atoms with Crippen LogP contribution >= 0.6 is 11.6 Å². The number of aliphatic hydroxyl groups excluding tert-OH is 1. The molecule has 0 spiro atoms. The van der Waals surface area contributed by atoms with Crippen LogP contribution in [0.1, 0.15) is 19.4 Å². The van der Waals surface area contributed by atoms with Gasteiger partial charge in [-0.3, -0.25) is 9.69 Å². The van der Waals surface area contributed by atoms with Crippen LogP contribution in [-0.2, 0) is 11.3 Å². The number of hydrogen-bond donors (Lipinski definition) is 1. The molecule has 1 saturated heterocycles. The van der Waals surface area contributed by atoms with Gasteiger partial charge in [0.1, 0.15) is 17.3 Å². The third-order valence-corrected chi connectivity index (χ3v) is 5.53. The van der Waals surface area contributed by atoms with Gasteiger partial charge in [-0.15, -0.1) is 0 Å². The van der Waals surface area contributed by atoms with E-state index in [0.29, 0.717) is 30.4 Å². The number of benzene rings is 2. The number of hydrogen-bond acceptors (Lipinski definition) is 4. The molecule has 0 unspecified atom stereocenters. The maximum atomic E-state index is 13.2. The van der Waals surface area contributed by atoms with Crippen molar-refractivity contribution in [2.75, 3.05) is 19.7 Å². The molecule has 2 atom stereocenters. The van der Waals surface area contributed by atoms with Gasteiger partial charge in [-0.1, -0.05) is 23.7 Å². The predicted molar refractivity (Wildman–Crippen MR) is 115 cm³/mol. The van der Waals surface area contributed by atoms with E-state index in [-0.39, 0.29) is 36.2 Å². The molecule has 7 heteroatoms. The Kier molecular flexibility index (Phi) is 7.34. The predicted octanol–water partition coefficient (Wildman–Crippen LogP) is 4.42. The Morgan fingerprint density at radius 3 is 2.50 bits per heavy atom. The van der Waals surface area contributed by atoms with E-state index in [9.17, 15) is 14.3 Å². The topological polar surface area (TPSA) is 53.0 Å². The van der Waals surface area contributed by atoms with Gasteiger partial charge in [0.05, 0.1) is 6.04 Å². The zero-order valence-corrected chi connectivity index (χ0v) is 17.8. The Bertz CT molecular complexity index is 886. The summed E-state index contributed by atoms with van der Waals surface area (Å²) in [6.45, 7) is 5.12.